The molecule has 0 bridgehead atoms. The average Bonchev–Trinajstić information content (AvgIpc) is 3.07. The zero-order chi connectivity index (χ0) is 37.6. The maximum absolute atomic E-state index is 12.5. The minimum Gasteiger partial charge on any atom is -0.506 e. The van der Waals surface area contributed by atoms with Gasteiger partial charge in [0.05, 0.1) is 39.1 Å². The molecule has 0 fully saturated rings. The van der Waals surface area contributed by atoms with Crippen molar-refractivity contribution >= 4 is 95.0 Å². The number of benzene rings is 4. The van der Waals surface area contributed by atoms with Crippen LogP contribution in [-0.2, 0) is 33.8 Å². The second-order valence-corrected chi connectivity index (χ2v) is 14.2. The van der Waals surface area contributed by atoms with Crippen LogP contribution in [-0.4, -0.2) is 69.1 Å². The lowest BCUT2D eigenvalue weighted by molar-refractivity contribution is -0.432. The summed E-state index contributed by atoms with van der Waals surface area (Å²) < 4.78 is 63.5. The molecule has 0 aliphatic carbocycles. The monoisotopic (exact) mass is 796 g/mol. The molecule has 5 aromatic rings. The van der Waals surface area contributed by atoms with Crippen molar-refractivity contribution in [2.75, 3.05) is 23.0 Å². The summed E-state index contributed by atoms with van der Waals surface area (Å²) in [4.78, 5) is 22.7. The van der Waals surface area contributed by atoms with Crippen molar-refractivity contribution in [3.05, 3.63) is 82.1 Å². The molecular formula is C27H21ClN8O13S3. The third kappa shape index (κ3) is 9.72. The zero-order valence-corrected chi connectivity index (χ0v) is 28.7. The van der Waals surface area contributed by atoms with Gasteiger partial charge in [-0.25, -0.2) is 17.9 Å². The number of nitrogens with one attached hydrogen (secondary N) is 2. The van der Waals surface area contributed by atoms with Gasteiger partial charge in [0.2, 0.25) is 17.2 Å². The Bertz CT molecular complexity index is 2410. The molecule has 0 saturated carbocycles. The second kappa shape index (κ2) is 15.9. The van der Waals surface area contributed by atoms with Gasteiger partial charge in [0, 0.05) is 28.9 Å². The number of azo groups is 1. The fourth-order valence-corrected chi connectivity index (χ4v) is 6.42. The van der Waals surface area contributed by atoms with Gasteiger partial charge in [-0.1, -0.05) is 11.1 Å². The molecule has 6 N–H and O–H groups in total. The van der Waals surface area contributed by atoms with Crippen molar-refractivity contribution in [2.24, 2.45) is 10.2 Å². The predicted octanol–water partition coefficient (Wildman–Crippen LogP) is 5.92. The molecule has 5 rings (SSSR count). The number of sulfone groups is 1. The van der Waals surface area contributed by atoms with E-state index in [0.29, 0.717) is 28.8 Å². The van der Waals surface area contributed by atoms with Gasteiger partial charge >= 0.3 is 10.4 Å². The summed E-state index contributed by atoms with van der Waals surface area (Å²) in [6, 6.07) is 14.5. The lowest BCUT2D eigenvalue weighted by atomic mass is 10.1. The number of halogens is 1. The van der Waals surface area contributed by atoms with Crippen molar-refractivity contribution in [2.45, 2.75) is 9.79 Å². The average molecular weight is 797 g/mol. The fraction of sp³-hybridized carbons (Fsp3) is 0.0741. The van der Waals surface area contributed by atoms with Crippen LogP contribution in [0, 0.1) is 10.1 Å². The first kappa shape index (κ1) is 37.9. The van der Waals surface area contributed by atoms with Crippen LogP contribution in [0.1, 0.15) is 0 Å². The number of phenols is 2. The molecule has 0 aliphatic heterocycles. The first-order valence-electron chi connectivity index (χ1n) is 13.9. The number of non-ortho nitro benzene ring substituents is 1. The highest BCUT2D eigenvalue weighted by atomic mass is 35.5. The molecule has 1 aromatic heterocycles. The number of hydrogen-bond acceptors (Lipinski definition) is 20. The van der Waals surface area contributed by atoms with Crippen LogP contribution in [0.3, 0.4) is 0 Å². The van der Waals surface area contributed by atoms with E-state index in [9.17, 15) is 37.2 Å². The number of hydrogen-bond donors (Lipinski definition) is 6. The van der Waals surface area contributed by atoms with Crippen LogP contribution in [0.25, 0.3) is 10.8 Å². The summed E-state index contributed by atoms with van der Waals surface area (Å²) in [6.07, 6.45) is 0. The summed E-state index contributed by atoms with van der Waals surface area (Å²) in [6.45, 7) is -0.785. The van der Waals surface area contributed by atoms with Crippen molar-refractivity contribution in [1.29, 1.82) is 0 Å². The van der Waals surface area contributed by atoms with E-state index in [0.717, 1.165) is 18.2 Å². The van der Waals surface area contributed by atoms with E-state index in [1.54, 1.807) is 12.1 Å². The van der Waals surface area contributed by atoms with Crippen molar-refractivity contribution in [3.63, 3.8) is 0 Å². The lowest BCUT2D eigenvalue weighted by Gasteiger charge is -2.12. The number of aromatic hydroxyl groups is 2. The Labute approximate surface area is 301 Å². The minimum atomic E-state index is -4.80. The number of anilines is 4. The maximum Gasteiger partial charge on any atom is 0.397 e. The van der Waals surface area contributed by atoms with Crippen LogP contribution < -0.4 is 10.6 Å². The minimum absolute atomic E-state index is 0.0526. The number of rotatable bonds is 15. The van der Waals surface area contributed by atoms with Gasteiger partial charge in [-0.15, -0.1) is 14.6 Å². The maximum atomic E-state index is 12.5. The Kier molecular flexibility index (Phi) is 11.6. The molecule has 0 radical (unpaired) electrons. The normalized spacial score (nSPS) is 12.0. The smallest absolute Gasteiger partial charge is 0.397 e. The summed E-state index contributed by atoms with van der Waals surface area (Å²) in [5.74, 6) is -1.70. The molecule has 0 saturated heterocycles. The summed E-state index contributed by atoms with van der Waals surface area (Å²) >= 11 is 6.57. The van der Waals surface area contributed by atoms with Gasteiger partial charge in [-0.2, -0.15) is 23.4 Å². The fourth-order valence-electron chi connectivity index (χ4n) is 4.27. The Morgan fingerprint density at radius 3 is 2.23 bits per heavy atom. The van der Waals surface area contributed by atoms with Gasteiger partial charge in [-0.05, 0) is 65.5 Å². The highest BCUT2D eigenvalue weighted by Crippen LogP contribution is 2.45. The Morgan fingerprint density at radius 2 is 1.58 bits per heavy atom. The van der Waals surface area contributed by atoms with Crippen LogP contribution >= 0.6 is 23.6 Å². The molecule has 1 heterocycles. The summed E-state index contributed by atoms with van der Waals surface area (Å²) in [5.41, 5.74) is -0.209. The zero-order valence-electron chi connectivity index (χ0n) is 25.5. The quantitative estimate of drug-likeness (QED) is 0.0179. The molecule has 0 unspecified atom stereocenters. The van der Waals surface area contributed by atoms with E-state index in [-0.39, 0.29) is 49.4 Å². The second-order valence-electron chi connectivity index (χ2n) is 9.96. The predicted molar refractivity (Wildman–Crippen MR) is 183 cm³/mol. The van der Waals surface area contributed by atoms with Gasteiger partial charge in [0.1, 0.15) is 17.1 Å². The van der Waals surface area contributed by atoms with Gasteiger partial charge in [-0.3, -0.25) is 14.7 Å². The summed E-state index contributed by atoms with van der Waals surface area (Å²) in [5, 5.41) is 58.8. The van der Waals surface area contributed by atoms with Crippen molar-refractivity contribution in [1.82, 2.24) is 15.0 Å². The van der Waals surface area contributed by atoms with Gasteiger partial charge in [0.15, 0.2) is 15.6 Å². The highest BCUT2D eigenvalue weighted by molar-refractivity contribution is 7.94. The van der Waals surface area contributed by atoms with E-state index < -0.39 is 49.0 Å². The Hall–Kier alpha value is -5.31. The molecule has 0 amide bonds. The van der Waals surface area contributed by atoms with Crippen LogP contribution in [0.2, 0.25) is 5.28 Å². The summed E-state index contributed by atoms with van der Waals surface area (Å²) in [7, 11) is -8.75. The molecule has 0 aliphatic rings. The van der Waals surface area contributed by atoms with E-state index >= 15 is 0 Å². The third-order valence-electron chi connectivity index (χ3n) is 6.55. The molecule has 0 atom stereocenters. The molecule has 272 valence electrons. The Morgan fingerprint density at radius 1 is 0.904 bits per heavy atom. The molecule has 52 heavy (non-hydrogen) atoms. The van der Waals surface area contributed by atoms with Crippen molar-refractivity contribution in [3.8, 4) is 11.5 Å². The van der Waals surface area contributed by atoms with Gasteiger partial charge in [0.25, 0.3) is 5.69 Å². The molecular weight excluding hydrogens is 776 g/mol. The number of nitro groups is 1. The molecule has 0 spiro atoms. The van der Waals surface area contributed by atoms with Crippen LogP contribution in [0.4, 0.5) is 40.3 Å². The third-order valence-corrected chi connectivity index (χ3v) is 9.50. The van der Waals surface area contributed by atoms with E-state index in [4.69, 9.17) is 21.4 Å². The van der Waals surface area contributed by atoms with E-state index in [1.807, 2.05) is 0 Å². The standard InChI is InChI=1S/C27H21ClN8O13S3/c28-25-31-26(29-15-3-6-18(7-4-15)51(42,43)10-9-47-52(44,45)46)33-27(32-25)30-16-2-1-14-11-22(50-49-48-41)23(24(38)19(14)12-16)35-34-20-13-17(36(39)40)5-8-21(20)37/h1-8,11-13,37-38,41H,9-10H2,(H,44,45,46)(H2,29,30,31,32,33). The van der Waals surface area contributed by atoms with E-state index in [1.165, 1.54) is 36.4 Å². The van der Waals surface area contributed by atoms with Gasteiger partial charge < -0.3 is 20.8 Å². The van der Waals surface area contributed by atoms with Crippen LogP contribution in [0.15, 0.2) is 86.7 Å². The Balaban J connectivity index is 1.39. The number of nitrogens with zero attached hydrogens (tertiary/aromatic N) is 6. The highest BCUT2D eigenvalue weighted by Gasteiger charge is 2.19. The molecule has 4 aromatic carbocycles. The number of phenolic OH excluding ortho intramolecular Hbond substituents is 2. The molecule has 25 heteroatoms. The number of aromatic nitrogens is 3. The number of fused-ring (bicyclic) bond motifs is 1. The number of nitro benzene ring substituents is 1. The first-order valence-corrected chi connectivity index (χ1v) is 18.0. The lowest BCUT2D eigenvalue weighted by Crippen LogP contribution is -2.15. The first-order chi connectivity index (χ1) is 24.6. The van der Waals surface area contributed by atoms with Crippen LogP contribution in [0.5, 0.6) is 11.5 Å². The largest absolute Gasteiger partial charge is 0.506 e. The SMILES string of the molecule is O=[N+]([O-])c1ccc(O)c(N=Nc2c(SOOO)cc3ccc(Nc4nc(Cl)nc(Nc5ccc(S(=O)(=O)CCOS(=O)(=O)O)cc5)n4)cc3c2O)c1. The van der Waals surface area contributed by atoms with Crippen molar-refractivity contribution < 1.29 is 55.3 Å². The van der Waals surface area contributed by atoms with E-state index in [2.05, 4.69) is 49.4 Å². The topological polar surface area (TPSA) is 307 Å². The molecule has 21 nitrogen and oxygen atoms in total.